The van der Waals surface area contributed by atoms with Gasteiger partial charge in [-0.1, -0.05) is 27.7 Å². The molecular weight excluding hydrogens is 448 g/mol. The van der Waals surface area contributed by atoms with Gasteiger partial charge in [0.05, 0.1) is 23.7 Å². The zero-order chi connectivity index (χ0) is 26.1. The van der Waals surface area contributed by atoms with Crippen molar-refractivity contribution in [3.8, 4) is 17.2 Å². The van der Waals surface area contributed by atoms with Gasteiger partial charge in [0.25, 0.3) is 0 Å². The molecule has 0 bridgehead atoms. The third-order valence-electron chi connectivity index (χ3n) is 9.07. The Kier molecular flexibility index (Phi) is 6.29. The number of Topliss-reactive ketones (excluding diaryl/α,β-unsaturated/α-hetero) is 2. The van der Waals surface area contributed by atoms with Crippen molar-refractivity contribution in [3.05, 3.63) is 17.2 Å². The first-order chi connectivity index (χ1) is 16.2. The molecule has 1 aliphatic carbocycles. The van der Waals surface area contributed by atoms with Crippen molar-refractivity contribution in [1.29, 1.82) is 0 Å². The van der Waals surface area contributed by atoms with E-state index in [1.165, 1.54) is 6.07 Å². The van der Waals surface area contributed by atoms with Crippen LogP contribution in [0.25, 0.3) is 0 Å². The summed E-state index contributed by atoms with van der Waals surface area (Å²) in [7, 11) is 0. The lowest BCUT2D eigenvalue weighted by Gasteiger charge is -2.59. The van der Waals surface area contributed by atoms with Crippen molar-refractivity contribution in [2.45, 2.75) is 110 Å². The quantitative estimate of drug-likeness (QED) is 0.506. The summed E-state index contributed by atoms with van der Waals surface area (Å²) >= 11 is 0. The lowest BCUT2D eigenvalue weighted by atomic mass is 9.53. The van der Waals surface area contributed by atoms with Gasteiger partial charge < -0.3 is 24.8 Å². The van der Waals surface area contributed by atoms with Crippen LogP contribution in [0.3, 0.4) is 0 Å². The predicted molar refractivity (Wildman–Crippen MR) is 131 cm³/mol. The minimum Gasteiger partial charge on any atom is -0.507 e. The van der Waals surface area contributed by atoms with Crippen LogP contribution >= 0.6 is 0 Å². The van der Waals surface area contributed by atoms with Crippen molar-refractivity contribution in [1.82, 2.24) is 0 Å². The number of ketones is 2. The monoisotopic (exact) mass is 488 g/mol. The zero-order valence-electron chi connectivity index (χ0n) is 22.0. The number of hydrogen-bond acceptors (Lipinski definition) is 7. The first-order valence-corrected chi connectivity index (χ1v) is 12.9. The van der Waals surface area contributed by atoms with Gasteiger partial charge in [-0.25, -0.2) is 0 Å². The van der Waals surface area contributed by atoms with Crippen molar-refractivity contribution in [2.75, 3.05) is 0 Å². The lowest BCUT2D eigenvalue weighted by molar-refractivity contribution is -0.227. The van der Waals surface area contributed by atoms with E-state index in [1.807, 2.05) is 27.7 Å². The molecule has 7 heteroatoms. The number of ether oxygens (including phenoxy) is 2. The van der Waals surface area contributed by atoms with E-state index in [0.29, 0.717) is 32.1 Å². The Morgan fingerprint density at radius 2 is 1.86 bits per heavy atom. The van der Waals surface area contributed by atoms with E-state index in [-0.39, 0.29) is 58.1 Å². The largest absolute Gasteiger partial charge is 0.507 e. The molecule has 7 atom stereocenters. The number of phenolic OH excluding ortho intramolecular Hbond substituents is 2. The van der Waals surface area contributed by atoms with Crippen molar-refractivity contribution >= 4 is 11.6 Å². The smallest absolute Gasteiger partial charge is 0.178 e. The highest BCUT2D eigenvalue weighted by molar-refractivity contribution is 6.06. The molecule has 1 saturated heterocycles. The van der Waals surface area contributed by atoms with Crippen LogP contribution < -0.4 is 4.74 Å². The highest BCUT2D eigenvalue weighted by Crippen LogP contribution is 2.60. The minimum absolute atomic E-state index is 0.0246. The molecule has 1 aromatic carbocycles. The molecule has 7 nitrogen and oxygen atoms in total. The number of rotatable bonds is 5. The van der Waals surface area contributed by atoms with Crippen LogP contribution in [0.15, 0.2) is 6.07 Å². The third-order valence-corrected chi connectivity index (χ3v) is 9.07. The fraction of sp³-hybridized carbons (Fsp3) is 0.714. The fourth-order valence-corrected chi connectivity index (χ4v) is 6.70. The second-order valence-corrected chi connectivity index (χ2v) is 12.0. The molecule has 0 aromatic heterocycles. The standard InChI is InChI=1S/C28H40O7/c1-8-14(2)21(30)15(3)16-13-17(29)20-23(32)25-27(6)11-9-18(26(4,5)33)34-19(27)10-12-28(25,7)35-24(20)22(16)31/h13-15,18-19,25,29,31,33H,8-12H2,1-7H3. The fourth-order valence-electron chi connectivity index (χ4n) is 6.70. The van der Waals surface area contributed by atoms with Gasteiger partial charge in [-0.15, -0.1) is 0 Å². The van der Waals surface area contributed by atoms with Crippen LogP contribution in [0.4, 0.5) is 0 Å². The molecule has 1 aromatic rings. The Balaban J connectivity index is 1.75. The second kappa shape index (κ2) is 8.48. The lowest BCUT2D eigenvalue weighted by Crippen LogP contribution is -2.65. The van der Waals surface area contributed by atoms with Crippen LogP contribution in [-0.4, -0.2) is 50.3 Å². The average molecular weight is 489 g/mol. The van der Waals surface area contributed by atoms with Crippen molar-refractivity contribution in [3.63, 3.8) is 0 Å². The molecule has 0 radical (unpaired) electrons. The summed E-state index contributed by atoms with van der Waals surface area (Å²) in [4.78, 5) is 26.8. The summed E-state index contributed by atoms with van der Waals surface area (Å²) in [6, 6.07) is 1.34. The predicted octanol–water partition coefficient (Wildman–Crippen LogP) is 4.89. The molecule has 194 valence electrons. The van der Waals surface area contributed by atoms with Gasteiger partial charge in [-0.2, -0.15) is 0 Å². The molecule has 3 N–H and O–H groups in total. The maximum Gasteiger partial charge on any atom is 0.178 e. The second-order valence-electron chi connectivity index (χ2n) is 12.0. The molecule has 2 aliphatic heterocycles. The Morgan fingerprint density at radius 3 is 2.46 bits per heavy atom. The maximum absolute atomic E-state index is 14.0. The number of carbonyl (C=O) groups excluding carboxylic acids is 2. The van der Waals surface area contributed by atoms with Crippen molar-refractivity contribution in [2.24, 2.45) is 17.3 Å². The summed E-state index contributed by atoms with van der Waals surface area (Å²) in [5.74, 6) is -2.29. The summed E-state index contributed by atoms with van der Waals surface area (Å²) in [5, 5.41) is 32.7. The number of benzene rings is 1. The number of phenols is 2. The Hall–Kier alpha value is -2.12. The SMILES string of the molecule is CCC(C)C(=O)C(C)c1cc(O)c2c(c1O)OC1(C)CCC3OC(C(C)(C)O)CCC3(C)C1C2=O. The average Bonchev–Trinajstić information content (AvgIpc) is 2.77. The van der Waals surface area contributed by atoms with Gasteiger partial charge in [-0.05, 0) is 58.9 Å². The molecule has 2 fully saturated rings. The zero-order valence-corrected chi connectivity index (χ0v) is 22.0. The first-order valence-electron chi connectivity index (χ1n) is 12.9. The van der Waals surface area contributed by atoms with Gasteiger partial charge in [0.15, 0.2) is 17.3 Å². The topological polar surface area (TPSA) is 113 Å². The maximum atomic E-state index is 14.0. The van der Waals surface area contributed by atoms with E-state index in [2.05, 4.69) is 0 Å². The van der Waals surface area contributed by atoms with Crippen LogP contribution in [0.1, 0.15) is 102 Å². The van der Waals surface area contributed by atoms with E-state index in [9.17, 15) is 24.9 Å². The molecule has 35 heavy (non-hydrogen) atoms. The molecule has 0 amide bonds. The van der Waals surface area contributed by atoms with Crippen LogP contribution in [-0.2, 0) is 9.53 Å². The molecule has 4 rings (SSSR count). The van der Waals surface area contributed by atoms with Gasteiger partial charge in [0.1, 0.15) is 22.7 Å². The number of aromatic hydroxyl groups is 2. The normalized spacial score (nSPS) is 34.2. The minimum atomic E-state index is -0.981. The summed E-state index contributed by atoms with van der Waals surface area (Å²) < 4.78 is 12.8. The van der Waals surface area contributed by atoms with E-state index >= 15 is 0 Å². The summed E-state index contributed by atoms with van der Waals surface area (Å²) in [6.07, 6.45) is 2.56. The van der Waals surface area contributed by atoms with Crippen LogP contribution in [0.2, 0.25) is 0 Å². The summed E-state index contributed by atoms with van der Waals surface area (Å²) in [6.45, 7) is 12.9. The highest BCUT2D eigenvalue weighted by Gasteiger charge is 2.63. The molecule has 0 spiro atoms. The van der Waals surface area contributed by atoms with E-state index in [1.54, 1.807) is 20.8 Å². The number of hydrogen-bond donors (Lipinski definition) is 3. The van der Waals surface area contributed by atoms with E-state index in [4.69, 9.17) is 9.47 Å². The van der Waals surface area contributed by atoms with Gasteiger partial charge in [0, 0.05) is 22.8 Å². The summed E-state index contributed by atoms with van der Waals surface area (Å²) in [5.41, 5.74) is -2.18. The van der Waals surface area contributed by atoms with Crippen molar-refractivity contribution < 1.29 is 34.4 Å². The van der Waals surface area contributed by atoms with Gasteiger partial charge in [0.2, 0.25) is 0 Å². The number of fused-ring (bicyclic) bond motifs is 4. The molecule has 3 aliphatic rings. The van der Waals surface area contributed by atoms with Crippen LogP contribution in [0.5, 0.6) is 17.2 Å². The van der Waals surface area contributed by atoms with Gasteiger partial charge in [-0.3, -0.25) is 9.59 Å². The first kappa shape index (κ1) is 26.0. The number of carbonyl (C=O) groups is 2. The van der Waals surface area contributed by atoms with E-state index < -0.39 is 28.5 Å². The third kappa shape index (κ3) is 3.95. The Morgan fingerprint density at radius 1 is 1.20 bits per heavy atom. The molecule has 7 unspecified atom stereocenters. The van der Waals surface area contributed by atoms with Crippen LogP contribution in [0, 0.1) is 17.3 Å². The Labute approximate surface area is 207 Å². The molecule has 2 heterocycles. The Bertz CT molecular complexity index is 1040. The van der Waals surface area contributed by atoms with Gasteiger partial charge >= 0.3 is 0 Å². The highest BCUT2D eigenvalue weighted by atomic mass is 16.5. The number of aliphatic hydroxyl groups is 1. The van der Waals surface area contributed by atoms with E-state index in [0.717, 1.165) is 0 Å². The molecular formula is C28H40O7. The molecule has 1 saturated carbocycles.